The zero-order valence-corrected chi connectivity index (χ0v) is 21.5. The van der Waals surface area contributed by atoms with Crippen LogP contribution in [0.4, 0.5) is 26.4 Å². The van der Waals surface area contributed by atoms with Crippen molar-refractivity contribution >= 4 is 51.9 Å². The summed E-state index contributed by atoms with van der Waals surface area (Å²) in [5, 5.41) is 10.5. The zero-order valence-electron chi connectivity index (χ0n) is 20.8. The van der Waals surface area contributed by atoms with Crippen LogP contribution in [0.2, 0.25) is 5.02 Å². The van der Waals surface area contributed by atoms with Crippen LogP contribution in [-0.4, -0.2) is 48.6 Å². The van der Waals surface area contributed by atoms with Crippen molar-refractivity contribution in [2.24, 2.45) is 5.10 Å². The fourth-order valence-electron chi connectivity index (χ4n) is 3.88. The molecule has 0 radical (unpaired) electrons. The summed E-state index contributed by atoms with van der Waals surface area (Å²) < 4.78 is 30.3. The normalized spacial score (nSPS) is 14.9. The van der Waals surface area contributed by atoms with E-state index in [9.17, 15) is 9.18 Å². The van der Waals surface area contributed by atoms with Gasteiger partial charge in [0, 0.05) is 23.6 Å². The van der Waals surface area contributed by atoms with Gasteiger partial charge in [0.05, 0.1) is 42.8 Å². The van der Waals surface area contributed by atoms with Gasteiger partial charge in [0.25, 0.3) is 0 Å². The minimum absolute atomic E-state index is 0.0259. The van der Waals surface area contributed by atoms with Crippen molar-refractivity contribution in [2.45, 2.75) is 12.5 Å². The number of rotatable bonds is 8. The molecule has 0 saturated carbocycles. The molecule has 1 aliphatic rings. The highest BCUT2D eigenvalue weighted by Gasteiger charge is 2.21. The molecule has 1 aliphatic heterocycles. The van der Waals surface area contributed by atoms with E-state index in [0.717, 1.165) is 17.7 Å². The topological polar surface area (TPSA) is 119 Å². The van der Waals surface area contributed by atoms with Crippen LogP contribution in [-0.2, 0) is 4.74 Å². The maximum atomic E-state index is 13.6. The molecule has 2 heterocycles. The summed E-state index contributed by atoms with van der Waals surface area (Å²) in [7, 11) is 1.59. The third kappa shape index (κ3) is 6.51. The second kappa shape index (κ2) is 11.9. The third-order valence-corrected chi connectivity index (χ3v) is 6.13. The molecule has 1 atom stereocenters. The standard InChI is InChI=1S/C27H24ClFN6O4/c1-37-18-5-2-16(3-6-18)13-32-35-27(36)34-24-11-20-23(12-25(24)39-19-8-9-38-14-19)30-15-31-26(20)33-17-4-7-22(29)21(28)10-17/h2-7,10-13,15,19H,8-9,14H2,1H3,(H,30,31,33)(H2,34,35,36)/b32-13+. The number of aromatic nitrogens is 2. The van der Waals surface area contributed by atoms with E-state index in [4.69, 9.17) is 25.8 Å². The number of nitrogens with one attached hydrogen (secondary N) is 3. The number of carbonyl (C=O) groups is 1. The average molecular weight is 551 g/mol. The molecule has 1 fully saturated rings. The summed E-state index contributed by atoms with van der Waals surface area (Å²) in [6.07, 6.45) is 3.46. The van der Waals surface area contributed by atoms with Gasteiger partial charge in [-0.1, -0.05) is 11.6 Å². The number of hydrogen-bond donors (Lipinski definition) is 3. The lowest BCUT2D eigenvalue weighted by Crippen LogP contribution is -2.25. The van der Waals surface area contributed by atoms with E-state index in [2.05, 4.69) is 31.1 Å². The van der Waals surface area contributed by atoms with Crippen LogP contribution < -0.4 is 25.5 Å². The van der Waals surface area contributed by atoms with Crippen LogP contribution in [0, 0.1) is 5.82 Å². The minimum atomic E-state index is -0.580. The number of halogens is 2. The quantitative estimate of drug-likeness (QED) is 0.196. The fraction of sp³-hybridized carbons (Fsp3) is 0.185. The number of nitrogens with zero attached hydrogens (tertiary/aromatic N) is 3. The number of amides is 2. The Kier molecular flexibility index (Phi) is 7.99. The summed E-state index contributed by atoms with van der Waals surface area (Å²) in [5.74, 6) is 1.04. The molecule has 10 nitrogen and oxygen atoms in total. The first kappa shape index (κ1) is 26.1. The van der Waals surface area contributed by atoms with E-state index in [1.54, 1.807) is 37.4 Å². The van der Waals surface area contributed by atoms with Gasteiger partial charge in [0.1, 0.15) is 35.6 Å². The molecule has 0 bridgehead atoms. The summed E-state index contributed by atoms with van der Waals surface area (Å²) in [4.78, 5) is 21.4. The minimum Gasteiger partial charge on any atom is -0.497 e. The second-order valence-electron chi connectivity index (χ2n) is 8.54. The molecule has 4 aromatic rings. The average Bonchev–Trinajstić information content (AvgIpc) is 3.45. The monoisotopic (exact) mass is 550 g/mol. The first-order valence-electron chi connectivity index (χ1n) is 12.0. The predicted octanol–water partition coefficient (Wildman–Crippen LogP) is 5.50. The summed E-state index contributed by atoms with van der Waals surface area (Å²) in [6, 6.07) is 14.3. The van der Waals surface area contributed by atoms with Crippen LogP contribution >= 0.6 is 11.6 Å². The van der Waals surface area contributed by atoms with Gasteiger partial charge in [0.15, 0.2) is 0 Å². The molecule has 5 rings (SSSR count). The van der Waals surface area contributed by atoms with E-state index in [0.29, 0.717) is 47.1 Å². The zero-order chi connectivity index (χ0) is 27.2. The number of fused-ring (bicyclic) bond motifs is 1. The lowest BCUT2D eigenvalue weighted by atomic mass is 10.1. The van der Waals surface area contributed by atoms with Crippen molar-refractivity contribution in [1.29, 1.82) is 0 Å². The van der Waals surface area contributed by atoms with E-state index in [1.807, 2.05) is 12.1 Å². The number of ether oxygens (including phenoxy) is 3. The SMILES string of the molecule is COc1ccc(/C=N/NC(=O)Nc2cc3c(Nc4ccc(F)c(Cl)c4)ncnc3cc2OC2CCOC2)cc1. The molecule has 2 amide bonds. The lowest BCUT2D eigenvalue weighted by molar-refractivity contribution is 0.142. The highest BCUT2D eigenvalue weighted by atomic mass is 35.5. The van der Waals surface area contributed by atoms with Crippen molar-refractivity contribution in [3.05, 3.63) is 77.3 Å². The number of benzene rings is 3. The molecule has 3 N–H and O–H groups in total. The predicted molar refractivity (Wildman–Crippen MR) is 147 cm³/mol. The summed E-state index contributed by atoms with van der Waals surface area (Å²) >= 11 is 5.93. The molecular weight excluding hydrogens is 527 g/mol. The third-order valence-electron chi connectivity index (χ3n) is 5.84. The first-order chi connectivity index (χ1) is 19.0. The van der Waals surface area contributed by atoms with Crippen molar-refractivity contribution in [2.75, 3.05) is 31.0 Å². The van der Waals surface area contributed by atoms with Crippen molar-refractivity contribution in [3.8, 4) is 11.5 Å². The molecule has 39 heavy (non-hydrogen) atoms. The molecule has 12 heteroatoms. The Labute approximate surface area is 228 Å². The Morgan fingerprint density at radius 1 is 1.18 bits per heavy atom. The number of methoxy groups -OCH3 is 1. The second-order valence-corrected chi connectivity index (χ2v) is 8.95. The Hall–Kier alpha value is -4.48. The maximum absolute atomic E-state index is 13.6. The largest absolute Gasteiger partial charge is 0.497 e. The summed E-state index contributed by atoms with van der Waals surface area (Å²) in [6.45, 7) is 1.04. The smallest absolute Gasteiger partial charge is 0.339 e. The van der Waals surface area contributed by atoms with Gasteiger partial charge in [0.2, 0.25) is 0 Å². The van der Waals surface area contributed by atoms with Crippen molar-refractivity contribution in [1.82, 2.24) is 15.4 Å². The van der Waals surface area contributed by atoms with Crippen LogP contribution in [0.5, 0.6) is 11.5 Å². The lowest BCUT2D eigenvalue weighted by Gasteiger charge is -2.18. The molecule has 1 aromatic heterocycles. The van der Waals surface area contributed by atoms with Gasteiger partial charge in [-0.05, 0) is 54.1 Å². The van der Waals surface area contributed by atoms with E-state index >= 15 is 0 Å². The Bertz CT molecular complexity index is 1510. The summed E-state index contributed by atoms with van der Waals surface area (Å²) in [5.41, 5.74) is 4.71. The van der Waals surface area contributed by atoms with Gasteiger partial charge >= 0.3 is 6.03 Å². The number of hydrogen-bond acceptors (Lipinski definition) is 8. The van der Waals surface area contributed by atoms with E-state index in [1.165, 1.54) is 24.7 Å². The van der Waals surface area contributed by atoms with E-state index < -0.39 is 11.8 Å². The van der Waals surface area contributed by atoms with Crippen LogP contribution in [0.25, 0.3) is 10.9 Å². The first-order valence-corrected chi connectivity index (χ1v) is 12.4. The Morgan fingerprint density at radius 3 is 2.77 bits per heavy atom. The van der Waals surface area contributed by atoms with Crippen LogP contribution in [0.15, 0.2) is 66.0 Å². The highest BCUT2D eigenvalue weighted by Crippen LogP contribution is 2.35. The van der Waals surface area contributed by atoms with Gasteiger partial charge in [-0.25, -0.2) is 24.6 Å². The van der Waals surface area contributed by atoms with Crippen LogP contribution in [0.3, 0.4) is 0 Å². The fourth-order valence-corrected chi connectivity index (χ4v) is 4.06. The number of hydrazone groups is 1. The molecule has 200 valence electrons. The number of carbonyl (C=O) groups excluding carboxylic acids is 1. The number of urea groups is 1. The number of anilines is 3. The van der Waals surface area contributed by atoms with Crippen LogP contribution in [0.1, 0.15) is 12.0 Å². The molecule has 3 aromatic carbocycles. The van der Waals surface area contributed by atoms with E-state index in [-0.39, 0.29) is 11.1 Å². The Balaban J connectivity index is 1.40. The molecule has 1 saturated heterocycles. The van der Waals surface area contributed by atoms with Gasteiger partial charge in [-0.3, -0.25) is 0 Å². The van der Waals surface area contributed by atoms with Gasteiger partial charge in [-0.15, -0.1) is 0 Å². The van der Waals surface area contributed by atoms with Crippen molar-refractivity contribution in [3.63, 3.8) is 0 Å². The molecule has 1 unspecified atom stereocenters. The van der Waals surface area contributed by atoms with Crippen molar-refractivity contribution < 1.29 is 23.4 Å². The molecule has 0 aliphatic carbocycles. The molecule has 0 spiro atoms. The van der Waals surface area contributed by atoms with Gasteiger partial charge < -0.3 is 24.8 Å². The van der Waals surface area contributed by atoms with Gasteiger partial charge in [-0.2, -0.15) is 5.10 Å². The highest BCUT2D eigenvalue weighted by molar-refractivity contribution is 6.31. The maximum Gasteiger partial charge on any atom is 0.339 e. The Morgan fingerprint density at radius 2 is 2.03 bits per heavy atom. The molecular formula is C27H24ClFN6O4.